The summed E-state index contributed by atoms with van der Waals surface area (Å²) < 4.78 is 26.0. The van der Waals surface area contributed by atoms with Gasteiger partial charge in [0.2, 0.25) is 0 Å². The van der Waals surface area contributed by atoms with Crippen molar-refractivity contribution in [3.05, 3.63) is 35.4 Å². The van der Waals surface area contributed by atoms with Gasteiger partial charge in [0.05, 0.1) is 0 Å². The van der Waals surface area contributed by atoms with Crippen LogP contribution in [0.3, 0.4) is 0 Å². The van der Waals surface area contributed by atoms with Gasteiger partial charge in [-0.1, -0.05) is 19.9 Å². The fourth-order valence-electron chi connectivity index (χ4n) is 1.83. The third kappa shape index (κ3) is 4.70. The molecule has 3 N–H and O–H groups in total. The summed E-state index contributed by atoms with van der Waals surface area (Å²) in [6, 6.07) is 3.70. The van der Waals surface area contributed by atoms with Gasteiger partial charge in [-0.05, 0) is 49.5 Å². The Hall–Kier alpha value is -1.00. The molecule has 102 valence electrons. The Labute approximate surface area is 108 Å². The summed E-state index contributed by atoms with van der Waals surface area (Å²) in [6.07, 6.45) is 0.557. The largest absolute Gasteiger partial charge is 0.330 e. The van der Waals surface area contributed by atoms with Crippen LogP contribution in [0.25, 0.3) is 0 Å². The molecule has 0 heterocycles. The van der Waals surface area contributed by atoms with Crippen molar-refractivity contribution in [1.29, 1.82) is 0 Å². The Morgan fingerprint density at radius 1 is 1.28 bits per heavy atom. The Morgan fingerprint density at radius 2 is 2.00 bits per heavy atom. The molecule has 1 unspecified atom stereocenters. The number of rotatable bonds is 7. The van der Waals surface area contributed by atoms with E-state index in [-0.39, 0.29) is 0 Å². The molecule has 0 radical (unpaired) electrons. The highest BCUT2D eigenvalue weighted by molar-refractivity contribution is 5.18. The molecular weight excluding hydrogens is 234 g/mol. The molecule has 2 nitrogen and oxygen atoms in total. The first-order chi connectivity index (χ1) is 8.54. The van der Waals surface area contributed by atoms with Crippen LogP contribution in [0.4, 0.5) is 8.78 Å². The van der Waals surface area contributed by atoms with E-state index in [1.54, 1.807) is 0 Å². The second kappa shape index (κ2) is 7.44. The van der Waals surface area contributed by atoms with Gasteiger partial charge in [0.15, 0.2) is 0 Å². The van der Waals surface area contributed by atoms with Crippen LogP contribution in [0.5, 0.6) is 0 Å². The van der Waals surface area contributed by atoms with Crippen molar-refractivity contribution in [2.75, 3.05) is 19.6 Å². The van der Waals surface area contributed by atoms with Crippen molar-refractivity contribution in [1.82, 2.24) is 5.32 Å². The van der Waals surface area contributed by atoms with Gasteiger partial charge in [-0.25, -0.2) is 8.78 Å². The number of hydrogen-bond acceptors (Lipinski definition) is 2. The Morgan fingerprint density at radius 3 is 2.56 bits per heavy atom. The van der Waals surface area contributed by atoms with Crippen molar-refractivity contribution < 1.29 is 8.78 Å². The molecule has 0 saturated carbocycles. The van der Waals surface area contributed by atoms with Gasteiger partial charge in [0, 0.05) is 6.07 Å². The van der Waals surface area contributed by atoms with Crippen molar-refractivity contribution in [3.63, 3.8) is 0 Å². The van der Waals surface area contributed by atoms with Gasteiger partial charge in [-0.15, -0.1) is 0 Å². The van der Waals surface area contributed by atoms with Gasteiger partial charge >= 0.3 is 0 Å². The third-order valence-corrected chi connectivity index (χ3v) is 3.24. The van der Waals surface area contributed by atoms with Gasteiger partial charge in [0.1, 0.15) is 11.6 Å². The van der Waals surface area contributed by atoms with E-state index in [1.165, 1.54) is 12.1 Å². The summed E-state index contributed by atoms with van der Waals surface area (Å²) in [5.41, 5.74) is 6.21. The predicted octanol–water partition coefficient (Wildman–Crippen LogP) is 2.33. The molecule has 0 aromatic heterocycles. The maximum Gasteiger partial charge on any atom is 0.129 e. The summed E-state index contributed by atoms with van der Waals surface area (Å²) in [7, 11) is 0. The zero-order valence-corrected chi connectivity index (χ0v) is 11.0. The van der Waals surface area contributed by atoms with Crippen molar-refractivity contribution in [3.8, 4) is 0 Å². The van der Waals surface area contributed by atoms with Crippen LogP contribution in [0.15, 0.2) is 18.2 Å². The number of hydrogen-bond donors (Lipinski definition) is 2. The first-order valence-electron chi connectivity index (χ1n) is 6.39. The van der Waals surface area contributed by atoms with Crippen molar-refractivity contribution >= 4 is 0 Å². The van der Waals surface area contributed by atoms with E-state index in [4.69, 9.17) is 5.73 Å². The van der Waals surface area contributed by atoms with Crippen LogP contribution in [0.1, 0.15) is 19.4 Å². The second-order valence-corrected chi connectivity index (χ2v) is 4.93. The van der Waals surface area contributed by atoms with Crippen LogP contribution in [-0.2, 0) is 6.42 Å². The monoisotopic (exact) mass is 256 g/mol. The SMILES string of the molecule is CC(C)C(CN)CNCCc1ccc(F)cc1F. The predicted molar refractivity (Wildman–Crippen MR) is 70.3 cm³/mol. The summed E-state index contributed by atoms with van der Waals surface area (Å²) in [6.45, 7) is 6.43. The average molecular weight is 256 g/mol. The molecular formula is C14H22F2N2. The van der Waals surface area contributed by atoms with E-state index in [9.17, 15) is 8.78 Å². The molecule has 1 atom stereocenters. The van der Waals surface area contributed by atoms with Gasteiger partial charge in [-0.3, -0.25) is 0 Å². The van der Waals surface area contributed by atoms with Crippen LogP contribution >= 0.6 is 0 Å². The van der Waals surface area contributed by atoms with E-state index in [1.807, 2.05) is 0 Å². The fraction of sp³-hybridized carbons (Fsp3) is 0.571. The molecule has 0 aliphatic rings. The molecule has 0 aliphatic heterocycles. The highest BCUT2D eigenvalue weighted by Crippen LogP contribution is 2.10. The maximum atomic E-state index is 13.3. The van der Waals surface area contributed by atoms with E-state index >= 15 is 0 Å². The zero-order chi connectivity index (χ0) is 13.5. The van der Waals surface area contributed by atoms with Gasteiger partial charge < -0.3 is 11.1 Å². The molecule has 1 rings (SSSR count). The lowest BCUT2D eigenvalue weighted by Gasteiger charge is -2.19. The first-order valence-corrected chi connectivity index (χ1v) is 6.39. The Kier molecular flexibility index (Phi) is 6.22. The van der Waals surface area contributed by atoms with Gasteiger partial charge in [-0.2, -0.15) is 0 Å². The lowest BCUT2D eigenvalue weighted by molar-refractivity contribution is 0.372. The number of halogens is 2. The van der Waals surface area contributed by atoms with Crippen molar-refractivity contribution in [2.45, 2.75) is 20.3 Å². The van der Waals surface area contributed by atoms with Crippen LogP contribution in [0.2, 0.25) is 0 Å². The second-order valence-electron chi connectivity index (χ2n) is 4.93. The minimum atomic E-state index is -0.535. The number of nitrogens with one attached hydrogen (secondary N) is 1. The molecule has 0 bridgehead atoms. The van der Waals surface area contributed by atoms with Crippen LogP contribution in [0, 0.1) is 23.5 Å². The molecule has 0 aliphatic carbocycles. The Bertz CT molecular complexity index is 367. The average Bonchev–Trinajstić information content (AvgIpc) is 2.31. The molecule has 18 heavy (non-hydrogen) atoms. The highest BCUT2D eigenvalue weighted by Gasteiger charge is 2.10. The summed E-state index contributed by atoms with van der Waals surface area (Å²) in [4.78, 5) is 0. The molecule has 0 spiro atoms. The summed E-state index contributed by atoms with van der Waals surface area (Å²) in [5, 5.41) is 3.27. The first kappa shape index (κ1) is 15.1. The van der Waals surface area contributed by atoms with Crippen LogP contribution in [-0.4, -0.2) is 19.6 Å². The zero-order valence-electron chi connectivity index (χ0n) is 11.0. The molecule has 0 fully saturated rings. The smallest absolute Gasteiger partial charge is 0.129 e. The topological polar surface area (TPSA) is 38.0 Å². The van der Waals surface area contributed by atoms with E-state index in [0.29, 0.717) is 36.9 Å². The van der Waals surface area contributed by atoms with E-state index in [0.717, 1.165) is 12.6 Å². The molecule has 0 amide bonds. The van der Waals surface area contributed by atoms with Crippen molar-refractivity contribution in [2.24, 2.45) is 17.6 Å². The number of nitrogens with two attached hydrogens (primary N) is 1. The minimum absolute atomic E-state index is 0.433. The maximum absolute atomic E-state index is 13.3. The summed E-state index contributed by atoms with van der Waals surface area (Å²) >= 11 is 0. The minimum Gasteiger partial charge on any atom is -0.330 e. The Balaban J connectivity index is 2.33. The third-order valence-electron chi connectivity index (χ3n) is 3.24. The van der Waals surface area contributed by atoms with E-state index < -0.39 is 11.6 Å². The quantitative estimate of drug-likeness (QED) is 0.735. The molecule has 1 aromatic rings. The van der Waals surface area contributed by atoms with Gasteiger partial charge in [0.25, 0.3) is 0 Å². The summed E-state index contributed by atoms with van der Waals surface area (Å²) in [5.74, 6) is -0.0450. The highest BCUT2D eigenvalue weighted by atomic mass is 19.1. The molecule has 1 aromatic carbocycles. The normalized spacial score (nSPS) is 13.0. The van der Waals surface area contributed by atoms with E-state index in [2.05, 4.69) is 19.2 Å². The van der Waals surface area contributed by atoms with Crippen LogP contribution < -0.4 is 11.1 Å². The molecule has 4 heteroatoms. The number of benzene rings is 1. The fourth-order valence-corrected chi connectivity index (χ4v) is 1.83. The lowest BCUT2D eigenvalue weighted by atomic mass is 9.96. The lowest BCUT2D eigenvalue weighted by Crippen LogP contribution is -2.32. The molecule has 0 saturated heterocycles. The standard InChI is InChI=1S/C14H22F2N2/c1-10(2)12(8-17)9-18-6-5-11-3-4-13(15)7-14(11)16/h3-4,7,10,12,18H,5-6,8-9,17H2,1-2H3.